The van der Waals surface area contributed by atoms with E-state index in [1.165, 1.54) is 4.88 Å². The number of hydrogen-bond acceptors (Lipinski definition) is 4. The largest absolute Gasteiger partial charge is 0.307 e. The van der Waals surface area contributed by atoms with Crippen molar-refractivity contribution in [3.05, 3.63) is 28.2 Å². The molecule has 2 heterocycles. The molecule has 16 heavy (non-hydrogen) atoms. The molecule has 1 unspecified atom stereocenters. The summed E-state index contributed by atoms with van der Waals surface area (Å²) in [7, 11) is 0. The fraction of sp³-hybridized carbons (Fsp3) is 0.500. The molecule has 0 saturated heterocycles. The molecule has 2 aromatic rings. The van der Waals surface area contributed by atoms with Crippen LogP contribution in [0.25, 0.3) is 0 Å². The first-order valence-electron chi connectivity index (χ1n) is 5.15. The van der Waals surface area contributed by atoms with Gasteiger partial charge in [0.25, 0.3) is 0 Å². The number of alkyl halides is 1. The minimum Gasteiger partial charge on any atom is -0.307 e. The minimum atomic E-state index is 0.147. The van der Waals surface area contributed by atoms with Crippen molar-refractivity contribution in [3.63, 3.8) is 0 Å². The molecular weight excluding hydrogens is 244 g/mol. The number of rotatable bonds is 4. The zero-order valence-electron chi connectivity index (χ0n) is 9.22. The van der Waals surface area contributed by atoms with Crippen LogP contribution in [0, 0.1) is 0 Å². The minimum absolute atomic E-state index is 0.147. The Morgan fingerprint density at radius 3 is 3.00 bits per heavy atom. The van der Waals surface area contributed by atoms with Gasteiger partial charge in [-0.25, -0.2) is 4.98 Å². The maximum absolute atomic E-state index is 5.80. The van der Waals surface area contributed by atoms with Gasteiger partial charge in [0.1, 0.15) is 17.2 Å². The number of aromatic nitrogens is 4. The molecule has 0 aliphatic heterocycles. The molecule has 6 heteroatoms. The molecule has 0 aliphatic rings. The van der Waals surface area contributed by atoms with E-state index < -0.39 is 0 Å². The van der Waals surface area contributed by atoms with Crippen LogP contribution in [0.3, 0.4) is 0 Å². The van der Waals surface area contributed by atoms with E-state index >= 15 is 0 Å². The Kier molecular flexibility index (Phi) is 3.56. The number of halogens is 1. The van der Waals surface area contributed by atoms with Crippen LogP contribution >= 0.6 is 22.9 Å². The van der Waals surface area contributed by atoms with Crippen molar-refractivity contribution < 1.29 is 0 Å². The molecule has 0 bridgehead atoms. The Balaban J connectivity index is 2.27. The Hall–Kier alpha value is -0.940. The number of hydrogen-bond donors (Lipinski definition) is 0. The molecule has 0 amide bonds. The average Bonchev–Trinajstić information content (AvgIpc) is 2.96. The molecule has 2 rings (SSSR count). The van der Waals surface area contributed by atoms with Crippen molar-refractivity contribution in [2.45, 2.75) is 32.2 Å². The van der Waals surface area contributed by atoms with Crippen LogP contribution in [0.15, 0.2) is 12.5 Å². The van der Waals surface area contributed by atoms with Gasteiger partial charge in [-0.2, -0.15) is 0 Å². The Bertz CT molecular complexity index is 465. The monoisotopic (exact) mass is 256 g/mol. The lowest BCUT2D eigenvalue weighted by Crippen LogP contribution is -2.08. The molecule has 1 atom stereocenters. The smallest absolute Gasteiger partial charge is 0.148 e. The van der Waals surface area contributed by atoms with Crippen LogP contribution < -0.4 is 0 Å². The molecule has 0 radical (unpaired) electrons. The number of thiazole rings is 1. The van der Waals surface area contributed by atoms with Gasteiger partial charge in [0.15, 0.2) is 0 Å². The first-order chi connectivity index (χ1) is 7.76. The highest BCUT2D eigenvalue weighted by Gasteiger charge is 2.15. The van der Waals surface area contributed by atoms with Crippen LogP contribution in [0.5, 0.6) is 0 Å². The van der Waals surface area contributed by atoms with Crippen LogP contribution in [-0.2, 0) is 12.3 Å². The van der Waals surface area contributed by atoms with Gasteiger partial charge in [0, 0.05) is 11.1 Å². The fourth-order valence-corrected chi connectivity index (χ4v) is 2.58. The summed E-state index contributed by atoms with van der Waals surface area (Å²) < 4.78 is 1.96. The van der Waals surface area contributed by atoms with Crippen molar-refractivity contribution in [2.75, 3.05) is 0 Å². The quantitative estimate of drug-likeness (QED) is 0.790. The maximum Gasteiger partial charge on any atom is 0.148 e. The highest BCUT2D eigenvalue weighted by Crippen LogP contribution is 2.24. The lowest BCUT2D eigenvalue weighted by atomic mass is 10.3. The van der Waals surface area contributed by atoms with E-state index in [-0.39, 0.29) is 6.04 Å². The molecule has 0 aromatic carbocycles. The van der Waals surface area contributed by atoms with Gasteiger partial charge in [-0.05, 0) is 13.3 Å². The molecule has 0 spiro atoms. The van der Waals surface area contributed by atoms with Gasteiger partial charge >= 0.3 is 0 Å². The van der Waals surface area contributed by atoms with Gasteiger partial charge in [0.05, 0.1) is 11.9 Å². The third-order valence-electron chi connectivity index (χ3n) is 2.46. The highest BCUT2D eigenvalue weighted by molar-refractivity contribution is 7.11. The standard InChI is InChI=1S/C10H13ClN4S/c1-3-8-5-12-10(16-8)7(2)15-6-13-14-9(15)4-11/h5-7H,3-4H2,1-2H3. The van der Waals surface area contributed by atoms with E-state index in [1.807, 2.05) is 10.8 Å². The summed E-state index contributed by atoms with van der Waals surface area (Å²) in [5.74, 6) is 1.15. The summed E-state index contributed by atoms with van der Waals surface area (Å²) in [5.41, 5.74) is 0. The summed E-state index contributed by atoms with van der Waals surface area (Å²) in [6, 6.07) is 0.147. The topological polar surface area (TPSA) is 43.6 Å². The van der Waals surface area contributed by atoms with Crippen LogP contribution in [0.2, 0.25) is 0 Å². The fourth-order valence-electron chi connectivity index (χ4n) is 1.48. The Morgan fingerprint density at radius 1 is 1.56 bits per heavy atom. The van der Waals surface area contributed by atoms with Gasteiger partial charge < -0.3 is 4.57 Å². The van der Waals surface area contributed by atoms with Crippen molar-refractivity contribution in [1.29, 1.82) is 0 Å². The van der Waals surface area contributed by atoms with Crippen LogP contribution in [0.1, 0.15) is 35.6 Å². The Morgan fingerprint density at radius 2 is 2.38 bits per heavy atom. The van der Waals surface area contributed by atoms with Crippen molar-refractivity contribution in [3.8, 4) is 0 Å². The predicted octanol–water partition coefficient (Wildman–Crippen LogP) is 2.65. The average molecular weight is 257 g/mol. The second kappa shape index (κ2) is 4.93. The van der Waals surface area contributed by atoms with Gasteiger partial charge in [-0.3, -0.25) is 0 Å². The molecule has 0 N–H and O–H groups in total. The van der Waals surface area contributed by atoms with E-state index in [0.717, 1.165) is 17.3 Å². The predicted molar refractivity (Wildman–Crippen MR) is 64.9 cm³/mol. The van der Waals surface area contributed by atoms with Crippen LogP contribution in [-0.4, -0.2) is 19.7 Å². The highest BCUT2D eigenvalue weighted by atomic mass is 35.5. The lowest BCUT2D eigenvalue weighted by Gasteiger charge is -2.11. The summed E-state index contributed by atoms with van der Waals surface area (Å²) >= 11 is 7.52. The SMILES string of the molecule is CCc1cnc(C(C)n2cnnc2CCl)s1. The normalized spacial score (nSPS) is 12.9. The lowest BCUT2D eigenvalue weighted by molar-refractivity contribution is 0.611. The molecule has 0 fully saturated rings. The van der Waals surface area contributed by atoms with Gasteiger partial charge in [-0.15, -0.1) is 33.1 Å². The molecule has 2 aromatic heterocycles. The van der Waals surface area contributed by atoms with E-state index in [9.17, 15) is 0 Å². The summed E-state index contributed by atoms with van der Waals surface area (Å²) in [6.45, 7) is 4.21. The molecule has 0 saturated carbocycles. The van der Waals surface area contributed by atoms with Crippen LogP contribution in [0.4, 0.5) is 0 Å². The van der Waals surface area contributed by atoms with Crippen molar-refractivity contribution >= 4 is 22.9 Å². The van der Waals surface area contributed by atoms with E-state index in [4.69, 9.17) is 11.6 Å². The molecule has 0 aliphatic carbocycles. The van der Waals surface area contributed by atoms with Gasteiger partial charge in [-0.1, -0.05) is 6.92 Å². The second-order valence-electron chi connectivity index (χ2n) is 3.48. The third-order valence-corrected chi connectivity index (χ3v) is 4.01. The van der Waals surface area contributed by atoms with E-state index in [1.54, 1.807) is 17.7 Å². The zero-order chi connectivity index (χ0) is 11.5. The van der Waals surface area contributed by atoms with Crippen molar-refractivity contribution in [1.82, 2.24) is 19.7 Å². The van der Waals surface area contributed by atoms with E-state index in [0.29, 0.717) is 5.88 Å². The number of nitrogens with zero attached hydrogens (tertiary/aromatic N) is 4. The van der Waals surface area contributed by atoms with Gasteiger partial charge in [0.2, 0.25) is 0 Å². The summed E-state index contributed by atoms with van der Waals surface area (Å²) in [4.78, 5) is 5.71. The molecular formula is C10H13ClN4S. The summed E-state index contributed by atoms with van der Waals surface area (Å²) in [5, 5.41) is 8.91. The Labute approximate surface area is 103 Å². The number of aryl methyl sites for hydroxylation is 1. The second-order valence-corrected chi connectivity index (χ2v) is 4.90. The first kappa shape index (κ1) is 11.5. The molecule has 86 valence electrons. The first-order valence-corrected chi connectivity index (χ1v) is 6.50. The van der Waals surface area contributed by atoms with Crippen molar-refractivity contribution in [2.24, 2.45) is 0 Å². The third kappa shape index (κ3) is 2.10. The summed E-state index contributed by atoms with van der Waals surface area (Å²) in [6.07, 6.45) is 4.66. The zero-order valence-corrected chi connectivity index (χ0v) is 10.8. The maximum atomic E-state index is 5.80. The molecule has 4 nitrogen and oxygen atoms in total. The van der Waals surface area contributed by atoms with E-state index in [2.05, 4.69) is 29.0 Å².